The molecule has 0 aliphatic carbocycles. The van der Waals surface area contributed by atoms with Crippen molar-refractivity contribution in [2.45, 2.75) is 10.9 Å². The smallest absolute Gasteiger partial charge is 0.238 e. The van der Waals surface area contributed by atoms with Gasteiger partial charge in [-0.3, -0.25) is 0 Å². The molecule has 2 aromatic heterocycles. The molecular weight excluding hydrogens is 447 g/mol. The van der Waals surface area contributed by atoms with E-state index >= 15 is 0 Å². The van der Waals surface area contributed by atoms with Crippen LogP contribution in [-0.4, -0.2) is 28.2 Å². The fourth-order valence-corrected chi connectivity index (χ4v) is 4.11. The Kier molecular flexibility index (Phi) is 5.25. The highest BCUT2D eigenvalue weighted by Gasteiger charge is 2.23. The third kappa shape index (κ3) is 3.78. The predicted molar refractivity (Wildman–Crippen MR) is 116 cm³/mol. The van der Waals surface area contributed by atoms with E-state index in [9.17, 15) is 8.42 Å². The molecule has 1 unspecified atom stereocenters. The van der Waals surface area contributed by atoms with Gasteiger partial charge in [-0.25, -0.2) is 23.2 Å². The zero-order valence-corrected chi connectivity index (χ0v) is 17.9. The number of sulfonamides is 1. The van der Waals surface area contributed by atoms with Crippen molar-refractivity contribution in [3.63, 3.8) is 0 Å². The Hall–Kier alpha value is -2.56. The van der Waals surface area contributed by atoms with Gasteiger partial charge in [-0.2, -0.15) is 10.1 Å². The summed E-state index contributed by atoms with van der Waals surface area (Å²) in [5.74, 6) is 0. The van der Waals surface area contributed by atoms with E-state index in [2.05, 4.69) is 15.1 Å². The fraction of sp³-hybridized carbons (Fsp3) is 0.105. The van der Waals surface area contributed by atoms with Crippen LogP contribution in [0.3, 0.4) is 0 Å². The van der Waals surface area contributed by atoms with E-state index in [1.807, 2.05) is 12.1 Å². The Labute approximate surface area is 182 Å². The largest absolute Gasteiger partial charge is 0.319 e. The maximum Gasteiger partial charge on any atom is 0.238 e. The third-order valence-electron chi connectivity index (χ3n) is 4.64. The van der Waals surface area contributed by atoms with E-state index in [1.165, 1.54) is 12.1 Å². The number of aromatic nitrogens is 4. The van der Waals surface area contributed by atoms with Gasteiger partial charge in [0.15, 0.2) is 5.65 Å². The first-order valence-corrected chi connectivity index (χ1v) is 11.0. The van der Waals surface area contributed by atoms with Crippen LogP contribution in [-0.2, 0) is 17.1 Å². The first kappa shape index (κ1) is 20.7. The fourth-order valence-electron chi connectivity index (χ4n) is 3.23. The summed E-state index contributed by atoms with van der Waals surface area (Å²) < 4.78 is 24.6. The summed E-state index contributed by atoms with van der Waals surface area (Å²) in [4.78, 5) is 8.66. The molecule has 0 bridgehead atoms. The van der Waals surface area contributed by atoms with Crippen molar-refractivity contribution >= 4 is 44.3 Å². The van der Waals surface area contributed by atoms with E-state index in [0.717, 1.165) is 5.56 Å². The van der Waals surface area contributed by atoms with Crippen LogP contribution in [0, 0.1) is 0 Å². The first-order valence-electron chi connectivity index (χ1n) is 8.69. The van der Waals surface area contributed by atoms with Crippen LogP contribution in [0.15, 0.2) is 53.4 Å². The van der Waals surface area contributed by atoms with E-state index in [0.29, 0.717) is 33.0 Å². The summed E-state index contributed by atoms with van der Waals surface area (Å²) >= 11 is 12.3. The molecule has 0 saturated heterocycles. The van der Waals surface area contributed by atoms with Crippen molar-refractivity contribution in [3.05, 3.63) is 70.1 Å². The number of aryl methyl sites for hydroxylation is 1. The molecule has 11 heteroatoms. The Balaban J connectivity index is 1.92. The normalized spacial score (nSPS) is 13.0. The van der Waals surface area contributed by atoms with Gasteiger partial charge < -0.3 is 5.73 Å². The van der Waals surface area contributed by atoms with Crippen molar-refractivity contribution in [1.29, 1.82) is 0 Å². The zero-order chi connectivity index (χ0) is 21.6. The quantitative estimate of drug-likeness (QED) is 0.448. The second-order valence-corrected chi connectivity index (χ2v) is 8.99. The highest BCUT2D eigenvalue weighted by atomic mass is 35.5. The van der Waals surface area contributed by atoms with Crippen molar-refractivity contribution in [1.82, 2.24) is 19.7 Å². The molecule has 2 heterocycles. The van der Waals surface area contributed by atoms with Crippen LogP contribution in [0.5, 0.6) is 0 Å². The molecule has 0 spiro atoms. The molecule has 1 atom stereocenters. The molecule has 0 amide bonds. The van der Waals surface area contributed by atoms with Gasteiger partial charge in [0.1, 0.15) is 5.69 Å². The number of fused-ring (bicyclic) bond motifs is 1. The highest BCUT2D eigenvalue weighted by Crippen LogP contribution is 2.34. The van der Waals surface area contributed by atoms with Crippen molar-refractivity contribution < 1.29 is 8.42 Å². The Morgan fingerprint density at radius 3 is 2.40 bits per heavy atom. The highest BCUT2D eigenvalue weighted by molar-refractivity contribution is 7.89. The molecule has 8 nitrogen and oxygen atoms in total. The lowest BCUT2D eigenvalue weighted by atomic mass is 9.99. The van der Waals surface area contributed by atoms with Gasteiger partial charge in [0.2, 0.25) is 15.3 Å². The van der Waals surface area contributed by atoms with Gasteiger partial charge in [0.05, 0.1) is 22.0 Å². The van der Waals surface area contributed by atoms with Crippen molar-refractivity contribution in [2.75, 3.05) is 0 Å². The number of nitrogens with zero attached hydrogens (tertiary/aromatic N) is 4. The molecule has 4 aromatic rings. The molecule has 0 saturated carbocycles. The summed E-state index contributed by atoms with van der Waals surface area (Å²) in [6.07, 6.45) is 0. The predicted octanol–water partition coefficient (Wildman–Crippen LogP) is 3.03. The second kappa shape index (κ2) is 7.60. The van der Waals surface area contributed by atoms with Gasteiger partial charge in [-0.15, -0.1) is 0 Å². The van der Waals surface area contributed by atoms with Crippen LogP contribution in [0.4, 0.5) is 0 Å². The number of rotatable bonds is 4. The van der Waals surface area contributed by atoms with Gasteiger partial charge >= 0.3 is 0 Å². The summed E-state index contributed by atoms with van der Waals surface area (Å²) in [5.41, 5.74) is 9.48. The monoisotopic (exact) mass is 462 g/mol. The van der Waals surface area contributed by atoms with Crippen LogP contribution in [0.1, 0.15) is 17.3 Å². The number of hydrogen-bond acceptors (Lipinski definition) is 6. The lowest BCUT2D eigenvalue weighted by molar-refractivity contribution is 0.597. The molecule has 4 rings (SSSR count). The molecule has 0 radical (unpaired) electrons. The Bertz CT molecular complexity index is 1370. The van der Waals surface area contributed by atoms with Crippen LogP contribution >= 0.6 is 23.2 Å². The molecule has 154 valence electrons. The third-order valence-corrected chi connectivity index (χ3v) is 5.98. The maximum atomic E-state index is 11.5. The molecule has 4 N–H and O–H groups in total. The average Bonchev–Trinajstić information content (AvgIpc) is 3.03. The second-order valence-electron chi connectivity index (χ2n) is 6.65. The van der Waals surface area contributed by atoms with Crippen LogP contribution < -0.4 is 10.9 Å². The van der Waals surface area contributed by atoms with Gasteiger partial charge in [-0.05, 0) is 41.4 Å². The topological polar surface area (TPSA) is 130 Å². The molecular formula is C19H16Cl2N6O2S. The molecule has 0 aliphatic heterocycles. The maximum absolute atomic E-state index is 11.5. The minimum atomic E-state index is -3.81. The van der Waals surface area contributed by atoms with Gasteiger partial charge in [0.25, 0.3) is 0 Å². The van der Waals surface area contributed by atoms with Crippen LogP contribution in [0.2, 0.25) is 10.3 Å². The van der Waals surface area contributed by atoms with E-state index in [1.54, 1.807) is 36.0 Å². The molecule has 2 aromatic carbocycles. The molecule has 0 fully saturated rings. The Morgan fingerprint density at radius 1 is 1.07 bits per heavy atom. The van der Waals surface area contributed by atoms with Gasteiger partial charge in [-0.1, -0.05) is 35.9 Å². The Morgan fingerprint density at radius 2 is 1.77 bits per heavy atom. The summed E-state index contributed by atoms with van der Waals surface area (Å²) in [7, 11) is -2.06. The minimum absolute atomic E-state index is 0.00897. The molecule has 30 heavy (non-hydrogen) atoms. The van der Waals surface area contributed by atoms with Crippen molar-refractivity contribution in [3.8, 4) is 11.3 Å². The number of halogens is 2. The lowest BCUT2D eigenvalue weighted by Crippen LogP contribution is -2.16. The van der Waals surface area contributed by atoms with Crippen molar-refractivity contribution in [2.24, 2.45) is 17.9 Å². The number of hydrogen-bond donors (Lipinski definition) is 2. The zero-order valence-electron chi connectivity index (χ0n) is 15.6. The standard InChI is InChI=1S/C19H16Cl2N6O2S/c1-27-18-14(16(26-27)11-3-2-4-12(20)9-11)17(24-19(21)25-18)15(22)10-5-7-13(8-6-10)30(23,28)29/h2-9,15H,22H2,1H3,(H2,23,28,29). The molecule has 0 aliphatic rings. The summed E-state index contributed by atoms with van der Waals surface area (Å²) in [6, 6.07) is 12.5. The summed E-state index contributed by atoms with van der Waals surface area (Å²) in [6.45, 7) is 0. The summed E-state index contributed by atoms with van der Waals surface area (Å²) in [5, 5.41) is 11.0. The van der Waals surface area contributed by atoms with E-state index < -0.39 is 16.1 Å². The first-order chi connectivity index (χ1) is 14.1. The van der Waals surface area contributed by atoms with Gasteiger partial charge in [0, 0.05) is 17.6 Å². The lowest BCUT2D eigenvalue weighted by Gasteiger charge is -2.14. The van der Waals surface area contributed by atoms with E-state index in [-0.39, 0.29) is 10.2 Å². The minimum Gasteiger partial charge on any atom is -0.319 e. The number of primary sulfonamides is 1. The number of benzene rings is 2. The SMILES string of the molecule is Cn1nc(-c2cccc(Cl)c2)c2c(C(N)c3ccc(S(N)(=O)=O)cc3)nc(Cl)nc21. The van der Waals surface area contributed by atoms with Crippen LogP contribution in [0.25, 0.3) is 22.3 Å². The average molecular weight is 463 g/mol. The van der Waals surface area contributed by atoms with E-state index in [4.69, 9.17) is 34.1 Å². The number of nitrogens with two attached hydrogens (primary N) is 2.